The maximum absolute atomic E-state index is 12.4. The molecule has 0 bridgehead atoms. The number of aromatic amines is 1. The predicted octanol–water partition coefficient (Wildman–Crippen LogP) is 3.24. The monoisotopic (exact) mass is 411 g/mol. The maximum atomic E-state index is 12.4. The Morgan fingerprint density at radius 3 is 2.17 bits per heavy atom. The molecule has 0 fully saturated rings. The van der Waals surface area contributed by atoms with Crippen molar-refractivity contribution in [3.8, 4) is 0 Å². The van der Waals surface area contributed by atoms with Gasteiger partial charge in [-0.25, -0.2) is 4.98 Å². The number of halogens is 1. The summed E-state index contributed by atoms with van der Waals surface area (Å²) in [4.78, 5) is 43.1. The van der Waals surface area contributed by atoms with Crippen molar-refractivity contribution < 1.29 is 14.4 Å². The van der Waals surface area contributed by atoms with Crippen molar-refractivity contribution in [2.75, 3.05) is 17.7 Å². The quantitative estimate of drug-likeness (QED) is 0.515. The van der Waals surface area contributed by atoms with Gasteiger partial charge in [0.15, 0.2) is 5.69 Å². The molecule has 0 spiro atoms. The fourth-order valence-corrected chi connectivity index (χ4v) is 2.81. The van der Waals surface area contributed by atoms with Crippen LogP contribution in [0.3, 0.4) is 0 Å². The maximum Gasteiger partial charge on any atom is 0.274 e. The number of aromatic nitrogens is 2. The number of H-pyrrole nitrogens is 1. The van der Waals surface area contributed by atoms with Gasteiger partial charge >= 0.3 is 0 Å². The fourth-order valence-electron chi connectivity index (χ4n) is 2.64. The molecule has 29 heavy (non-hydrogen) atoms. The molecule has 3 rings (SSSR count). The molecule has 0 saturated carbocycles. The number of anilines is 2. The van der Waals surface area contributed by atoms with Crippen LogP contribution in [0.1, 0.15) is 36.9 Å². The van der Waals surface area contributed by atoms with Gasteiger partial charge in [-0.05, 0) is 48.9 Å². The summed E-state index contributed by atoms with van der Waals surface area (Å²) in [5.41, 5.74) is 2.28. The summed E-state index contributed by atoms with van der Waals surface area (Å²) in [6, 6.07) is 11.7. The van der Waals surface area contributed by atoms with Gasteiger partial charge in [0, 0.05) is 29.0 Å². The van der Waals surface area contributed by atoms with E-state index >= 15 is 0 Å². The molecule has 1 aromatic heterocycles. The van der Waals surface area contributed by atoms with Gasteiger partial charge in [0.2, 0.25) is 0 Å². The van der Waals surface area contributed by atoms with Gasteiger partial charge in [-0.2, -0.15) is 0 Å². The summed E-state index contributed by atoms with van der Waals surface area (Å²) in [5.74, 6) is -1.26. The number of imidazole rings is 1. The number of nitrogens with zero attached hydrogens (tertiary/aromatic N) is 1. The predicted molar refractivity (Wildman–Crippen MR) is 111 cm³/mol. The van der Waals surface area contributed by atoms with Gasteiger partial charge < -0.3 is 20.9 Å². The van der Waals surface area contributed by atoms with Crippen LogP contribution in [0.5, 0.6) is 0 Å². The Bertz CT molecular complexity index is 1080. The summed E-state index contributed by atoms with van der Waals surface area (Å²) in [5, 5.41) is 8.40. The van der Waals surface area contributed by atoms with Crippen LogP contribution in [0.15, 0.2) is 48.8 Å². The van der Waals surface area contributed by atoms with Gasteiger partial charge in [-0.15, -0.1) is 0 Å². The summed E-state index contributed by atoms with van der Waals surface area (Å²) in [6.07, 6.45) is 1.27. The molecule has 148 valence electrons. The first-order valence-corrected chi connectivity index (χ1v) is 9.02. The number of hydrogen-bond acceptors (Lipinski definition) is 4. The van der Waals surface area contributed by atoms with Crippen LogP contribution >= 0.6 is 11.6 Å². The van der Waals surface area contributed by atoms with E-state index < -0.39 is 11.8 Å². The Morgan fingerprint density at radius 2 is 1.55 bits per heavy atom. The highest BCUT2D eigenvalue weighted by Crippen LogP contribution is 2.21. The third-order valence-electron chi connectivity index (χ3n) is 4.22. The van der Waals surface area contributed by atoms with Gasteiger partial charge in [-0.1, -0.05) is 17.7 Å². The number of rotatable bonds is 5. The van der Waals surface area contributed by atoms with Crippen molar-refractivity contribution in [1.29, 1.82) is 0 Å². The van der Waals surface area contributed by atoms with Crippen LogP contribution in [0.4, 0.5) is 11.4 Å². The molecule has 4 N–H and O–H groups in total. The van der Waals surface area contributed by atoms with Crippen LogP contribution in [0, 0.1) is 6.92 Å². The van der Waals surface area contributed by atoms with E-state index in [4.69, 9.17) is 11.6 Å². The zero-order valence-corrected chi connectivity index (χ0v) is 16.4. The second-order valence-corrected chi connectivity index (χ2v) is 6.51. The molecule has 8 nitrogen and oxygen atoms in total. The van der Waals surface area contributed by atoms with Crippen LogP contribution in [0.25, 0.3) is 0 Å². The van der Waals surface area contributed by atoms with E-state index in [1.807, 2.05) is 0 Å². The Labute approximate surface area is 171 Å². The average Bonchev–Trinajstić information content (AvgIpc) is 3.21. The zero-order valence-electron chi connectivity index (χ0n) is 15.7. The first-order chi connectivity index (χ1) is 13.9. The number of nitrogens with one attached hydrogen (secondary N) is 4. The van der Waals surface area contributed by atoms with E-state index in [1.54, 1.807) is 49.4 Å². The van der Waals surface area contributed by atoms with Crippen LogP contribution in [-0.4, -0.2) is 34.7 Å². The third-order valence-corrected chi connectivity index (χ3v) is 4.63. The van der Waals surface area contributed by atoms with Gasteiger partial charge in [0.05, 0.1) is 6.33 Å². The lowest BCUT2D eigenvalue weighted by atomic mass is 10.1. The molecule has 0 radical (unpaired) electrons. The molecular weight excluding hydrogens is 394 g/mol. The molecular formula is C20H18ClN5O3. The third kappa shape index (κ3) is 4.44. The SMILES string of the molecule is CNC(=O)c1nc[nH]c1C(=O)Nc1ccc(NC(=O)c2cccc(Cl)c2C)cc1. The average molecular weight is 412 g/mol. The first kappa shape index (κ1) is 20.1. The van der Waals surface area contributed by atoms with E-state index in [1.165, 1.54) is 13.4 Å². The smallest absolute Gasteiger partial charge is 0.274 e. The summed E-state index contributed by atoms with van der Waals surface area (Å²) in [7, 11) is 1.45. The lowest BCUT2D eigenvalue weighted by Crippen LogP contribution is -2.23. The largest absolute Gasteiger partial charge is 0.354 e. The molecule has 1 heterocycles. The van der Waals surface area contributed by atoms with E-state index in [2.05, 4.69) is 25.9 Å². The standard InChI is InChI=1S/C20H18ClN5O3/c1-11-14(4-3-5-15(11)21)18(27)25-12-6-8-13(9-7-12)26-20(29)17-16(19(28)22-2)23-10-24-17/h3-10H,1-2H3,(H,22,28)(H,23,24)(H,25,27)(H,26,29). The number of carbonyl (C=O) groups excluding carboxylic acids is 3. The van der Waals surface area contributed by atoms with Crippen molar-refractivity contribution in [1.82, 2.24) is 15.3 Å². The van der Waals surface area contributed by atoms with Crippen molar-refractivity contribution in [3.05, 3.63) is 76.3 Å². The molecule has 2 aromatic carbocycles. The normalized spacial score (nSPS) is 10.3. The minimum Gasteiger partial charge on any atom is -0.354 e. The highest BCUT2D eigenvalue weighted by Gasteiger charge is 2.19. The molecule has 0 aliphatic carbocycles. The molecule has 0 aliphatic heterocycles. The number of carbonyl (C=O) groups is 3. The lowest BCUT2D eigenvalue weighted by molar-refractivity contribution is 0.0943. The molecule has 0 atom stereocenters. The van der Waals surface area contributed by atoms with Crippen LogP contribution in [0.2, 0.25) is 5.02 Å². The van der Waals surface area contributed by atoms with Crippen molar-refractivity contribution in [2.45, 2.75) is 6.92 Å². The van der Waals surface area contributed by atoms with E-state index in [0.717, 1.165) is 0 Å². The Balaban J connectivity index is 1.68. The van der Waals surface area contributed by atoms with Gasteiger partial charge in [-0.3, -0.25) is 14.4 Å². The van der Waals surface area contributed by atoms with Gasteiger partial charge in [0.1, 0.15) is 5.69 Å². The Morgan fingerprint density at radius 1 is 0.931 bits per heavy atom. The first-order valence-electron chi connectivity index (χ1n) is 8.64. The fraction of sp³-hybridized carbons (Fsp3) is 0.100. The molecule has 0 unspecified atom stereocenters. The molecule has 0 saturated heterocycles. The second kappa shape index (κ2) is 8.57. The molecule has 3 amide bonds. The van der Waals surface area contributed by atoms with Crippen LogP contribution < -0.4 is 16.0 Å². The molecule has 9 heteroatoms. The summed E-state index contributed by atoms with van der Waals surface area (Å²) < 4.78 is 0. The second-order valence-electron chi connectivity index (χ2n) is 6.10. The van der Waals surface area contributed by atoms with E-state index in [9.17, 15) is 14.4 Å². The number of hydrogen-bond donors (Lipinski definition) is 4. The lowest BCUT2D eigenvalue weighted by Gasteiger charge is -2.10. The number of benzene rings is 2. The highest BCUT2D eigenvalue weighted by atomic mass is 35.5. The molecule has 0 aliphatic rings. The molecule has 3 aromatic rings. The topological polar surface area (TPSA) is 116 Å². The highest BCUT2D eigenvalue weighted by molar-refractivity contribution is 6.32. The number of amides is 3. The minimum atomic E-state index is -0.507. The van der Waals surface area contributed by atoms with Crippen LogP contribution in [-0.2, 0) is 0 Å². The van der Waals surface area contributed by atoms with E-state index in [-0.39, 0.29) is 17.3 Å². The van der Waals surface area contributed by atoms with Crippen molar-refractivity contribution >= 4 is 40.7 Å². The van der Waals surface area contributed by atoms with Crippen molar-refractivity contribution in [2.24, 2.45) is 0 Å². The van der Waals surface area contributed by atoms with E-state index in [0.29, 0.717) is 27.5 Å². The Kier molecular flexibility index (Phi) is 5.94. The van der Waals surface area contributed by atoms with Crippen molar-refractivity contribution in [3.63, 3.8) is 0 Å². The minimum absolute atomic E-state index is 0.00535. The summed E-state index contributed by atoms with van der Waals surface area (Å²) in [6.45, 7) is 1.78. The van der Waals surface area contributed by atoms with Gasteiger partial charge in [0.25, 0.3) is 17.7 Å². The zero-order chi connectivity index (χ0) is 21.0. The summed E-state index contributed by atoms with van der Waals surface area (Å²) >= 11 is 6.06. The Hall–Kier alpha value is -3.65.